The Bertz CT molecular complexity index is 765. The number of rotatable bonds is 6. The van der Waals surface area contributed by atoms with E-state index in [1.54, 1.807) is 18.2 Å². The van der Waals surface area contributed by atoms with Gasteiger partial charge >= 0.3 is 0 Å². The van der Waals surface area contributed by atoms with Gasteiger partial charge in [0.1, 0.15) is 0 Å². The third kappa shape index (κ3) is 5.09. The molecule has 2 aliphatic heterocycles. The number of nitrogens with zero attached hydrogens (tertiary/aromatic N) is 2. The Kier molecular flexibility index (Phi) is 6.55. The zero-order valence-electron chi connectivity index (χ0n) is 16.4. The van der Waals surface area contributed by atoms with E-state index < -0.39 is 10.0 Å². The Hall–Kier alpha value is -1.44. The molecule has 3 rings (SSSR count). The van der Waals surface area contributed by atoms with Crippen LogP contribution in [0.2, 0.25) is 0 Å². The molecular weight excluding hydrogens is 362 g/mol. The third-order valence-corrected chi connectivity index (χ3v) is 7.35. The Morgan fingerprint density at radius 1 is 1.07 bits per heavy atom. The molecule has 0 atom stereocenters. The molecule has 1 N–H and O–H groups in total. The third-order valence-electron chi connectivity index (χ3n) is 5.89. The van der Waals surface area contributed by atoms with Crippen LogP contribution >= 0.6 is 0 Å². The van der Waals surface area contributed by atoms with Gasteiger partial charge in [-0.15, -0.1) is 0 Å². The van der Waals surface area contributed by atoms with Crippen molar-refractivity contribution in [3.8, 4) is 0 Å². The van der Waals surface area contributed by atoms with E-state index in [2.05, 4.69) is 9.62 Å². The average molecular weight is 394 g/mol. The summed E-state index contributed by atoms with van der Waals surface area (Å²) in [6, 6.07) is 5.69. The first-order valence-corrected chi connectivity index (χ1v) is 11.4. The summed E-state index contributed by atoms with van der Waals surface area (Å²) in [5, 5.41) is 0. The Morgan fingerprint density at radius 3 is 2.37 bits per heavy atom. The summed E-state index contributed by atoms with van der Waals surface area (Å²) < 4.78 is 27.4. The zero-order chi connectivity index (χ0) is 19.4. The minimum Gasteiger partial charge on any atom is -0.343 e. The monoisotopic (exact) mass is 393 g/mol. The molecule has 0 aliphatic carbocycles. The maximum atomic E-state index is 12.4. The highest BCUT2D eigenvalue weighted by Gasteiger charge is 2.28. The van der Waals surface area contributed by atoms with Crippen LogP contribution in [0, 0.1) is 13.8 Å². The second-order valence-electron chi connectivity index (χ2n) is 7.75. The van der Waals surface area contributed by atoms with E-state index in [0.717, 1.165) is 37.1 Å². The summed E-state index contributed by atoms with van der Waals surface area (Å²) >= 11 is 0. The molecule has 0 bridgehead atoms. The lowest BCUT2D eigenvalue weighted by Gasteiger charge is -2.36. The van der Waals surface area contributed by atoms with Crippen LogP contribution in [0.5, 0.6) is 0 Å². The van der Waals surface area contributed by atoms with Crippen LogP contribution < -0.4 is 4.72 Å². The lowest BCUT2D eigenvalue weighted by atomic mass is 10.0. The molecule has 0 radical (unpaired) electrons. The smallest absolute Gasteiger partial charge is 0.240 e. The van der Waals surface area contributed by atoms with Gasteiger partial charge in [-0.1, -0.05) is 6.07 Å². The highest BCUT2D eigenvalue weighted by Crippen LogP contribution is 2.21. The quantitative estimate of drug-likeness (QED) is 0.803. The van der Waals surface area contributed by atoms with E-state index in [0.29, 0.717) is 6.04 Å². The van der Waals surface area contributed by atoms with E-state index in [9.17, 15) is 13.2 Å². The van der Waals surface area contributed by atoms with E-state index in [4.69, 9.17) is 0 Å². The number of amides is 1. The standard InChI is InChI=1S/C20H31N3O3S/c1-16-5-6-19(15-17(16)2)27(25,26)21-10-7-20(24)23-13-8-18(9-14-23)22-11-3-4-12-22/h5-6,15,18,21H,3-4,7-14H2,1-2H3. The molecule has 0 aromatic heterocycles. The largest absolute Gasteiger partial charge is 0.343 e. The average Bonchev–Trinajstić information content (AvgIpc) is 3.18. The van der Waals surface area contributed by atoms with Gasteiger partial charge in [-0.25, -0.2) is 13.1 Å². The van der Waals surface area contributed by atoms with E-state index in [1.165, 1.54) is 25.9 Å². The molecular formula is C20H31N3O3S. The van der Waals surface area contributed by atoms with Gasteiger partial charge in [0.2, 0.25) is 15.9 Å². The molecule has 0 spiro atoms. The normalized spacial score (nSPS) is 19.6. The van der Waals surface area contributed by atoms with Crippen LogP contribution in [0.15, 0.2) is 23.1 Å². The molecule has 2 heterocycles. The highest BCUT2D eigenvalue weighted by molar-refractivity contribution is 7.89. The number of benzene rings is 1. The molecule has 1 amide bonds. The summed E-state index contributed by atoms with van der Waals surface area (Å²) in [6.07, 6.45) is 4.85. The second-order valence-corrected chi connectivity index (χ2v) is 9.52. The summed E-state index contributed by atoms with van der Waals surface area (Å²) in [5.74, 6) is 0.0395. The summed E-state index contributed by atoms with van der Waals surface area (Å²) in [7, 11) is -3.57. The van der Waals surface area contributed by atoms with Crippen molar-refractivity contribution in [1.82, 2.24) is 14.5 Å². The van der Waals surface area contributed by atoms with Gasteiger partial charge in [-0.2, -0.15) is 0 Å². The number of hydrogen-bond acceptors (Lipinski definition) is 4. The van der Waals surface area contributed by atoms with Gasteiger partial charge in [-0.3, -0.25) is 4.79 Å². The molecule has 1 aromatic carbocycles. The van der Waals surface area contributed by atoms with E-state index in [1.807, 2.05) is 18.7 Å². The number of piperidine rings is 1. The van der Waals surface area contributed by atoms with Gasteiger partial charge in [0, 0.05) is 32.1 Å². The van der Waals surface area contributed by atoms with Crippen molar-refractivity contribution in [2.45, 2.75) is 56.9 Å². The number of nitrogens with one attached hydrogen (secondary N) is 1. The fourth-order valence-electron chi connectivity index (χ4n) is 4.00. The molecule has 0 unspecified atom stereocenters. The molecule has 6 nitrogen and oxygen atoms in total. The number of likely N-dealkylation sites (tertiary alicyclic amines) is 2. The Balaban J connectivity index is 1.44. The zero-order valence-corrected chi connectivity index (χ0v) is 17.2. The van der Waals surface area contributed by atoms with Crippen LogP contribution in [0.1, 0.15) is 43.2 Å². The lowest BCUT2D eigenvalue weighted by Crippen LogP contribution is -2.46. The molecule has 2 aliphatic rings. The molecule has 150 valence electrons. The summed E-state index contributed by atoms with van der Waals surface area (Å²) in [6.45, 7) is 7.93. The van der Waals surface area contributed by atoms with Crippen LogP contribution in [-0.2, 0) is 14.8 Å². The molecule has 2 fully saturated rings. The number of aryl methyl sites for hydroxylation is 2. The highest BCUT2D eigenvalue weighted by atomic mass is 32.2. The van der Waals surface area contributed by atoms with Crippen LogP contribution in [0.25, 0.3) is 0 Å². The first-order chi connectivity index (χ1) is 12.9. The van der Waals surface area contributed by atoms with Gasteiger partial charge < -0.3 is 9.80 Å². The van der Waals surface area contributed by atoms with E-state index in [-0.39, 0.29) is 23.8 Å². The van der Waals surface area contributed by atoms with Crippen molar-refractivity contribution in [2.24, 2.45) is 0 Å². The lowest BCUT2D eigenvalue weighted by molar-refractivity contribution is -0.132. The number of hydrogen-bond donors (Lipinski definition) is 1. The first kappa shape index (κ1) is 20.3. The van der Waals surface area contributed by atoms with Crippen LogP contribution in [0.4, 0.5) is 0 Å². The summed E-state index contributed by atoms with van der Waals surface area (Å²) in [5.41, 5.74) is 2.00. The van der Waals surface area contributed by atoms with Crippen molar-refractivity contribution in [3.63, 3.8) is 0 Å². The van der Waals surface area contributed by atoms with Crippen LogP contribution in [-0.4, -0.2) is 62.9 Å². The molecule has 0 saturated carbocycles. The second kappa shape index (κ2) is 8.71. The van der Waals surface area contributed by atoms with Gasteiger partial charge in [0.25, 0.3) is 0 Å². The molecule has 7 heteroatoms. The summed E-state index contributed by atoms with van der Waals surface area (Å²) in [4.78, 5) is 17.1. The van der Waals surface area contributed by atoms with Crippen LogP contribution in [0.3, 0.4) is 0 Å². The molecule has 1 aromatic rings. The van der Waals surface area contributed by atoms with Gasteiger partial charge in [-0.05, 0) is 75.9 Å². The predicted octanol–water partition coefficient (Wildman–Crippen LogP) is 2.06. The topological polar surface area (TPSA) is 69.7 Å². The van der Waals surface area contributed by atoms with Crippen molar-refractivity contribution in [3.05, 3.63) is 29.3 Å². The number of carbonyl (C=O) groups excluding carboxylic acids is 1. The van der Waals surface area contributed by atoms with Crippen molar-refractivity contribution in [2.75, 3.05) is 32.7 Å². The maximum absolute atomic E-state index is 12.4. The van der Waals surface area contributed by atoms with Crippen molar-refractivity contribution in [1.29, 1.82) is 0 Å². The fraction of sp³-hybridized carbons (Fsp3) is 0.650. The van der Waals surface area contributed by atoms with Gasteiger partial charge in [0.05, 0.1) is 4.90 Å². The number of sulfonamides is 1. The van der Waals surface area contributed by atoms with Gasteiger partial charge in [0.15, 0.2) is 0 Å². The van der Waals surface area contributed by atoms with E-state index >= 15 is 0 Å². The fourth-order valence-corrected chi connectivity index (χ4v) is 5.12. The minimum absolute atomic E-state index is 0.0395. The SMILES string of the molecule is Cc1ccc(S(=O)(=O)NCCC(=O)N2CCC(N3CCCC3)CC2)cc1C. The minimum atomic E-state index is -3.57. The number of carbonyl (C=O) groups is 1. The maximum Gasteiger partial charge on any atom is 0.240 e. The molecule has 27 heavy (non-hydrogen) atoms. The Labute approximate surface area is 163 Å². The van der Waals surface area contributed by atoms with Crippen molar-refractivity contribution < 1.29 is 13.2 Å². The molecule has 2 saturated heterocycles. The Morgan fingerprint density at radius 2 is 1.74 bits per heavy atom. The van der Waals surface area contributed by atoms with Crippen molar-refractivity contribution >= 4 is 15.9 Å². The predicted molar refractivity (Wildman–Crippen MR) is 106 cm³/mol. The first-order valence-electron chi connectivity index (χ1n) is 9.95.